The zero-order valence-electron chi connectivity index (χ0n) is 16.9. The molecule has 152 valence electrons. The van der Waals surface area contributed by atoms with Crippen LogP contribution in [0.25, 0.3) is 0 Å². The predicted octanol–water partition coefficient (Wildman–Crippen LogP) is 2.13. The average molecular weight is 381 g/mol. The average Bonchev–Trinajstić information content (AvgIpc) is 2.65. The summed E-state index contributed by atoms with van der Waals surface area (Å²) in [6.45, 7) is 9.63. The van der Waals surface area contributed by atoms with Crippen molar-refractivity contribution in [1.29, 1.82) is 0 Å². The monoisotopic (exact) mass is 380 g/mol. The predicted molar refractivity (Wildman–Crippen MR) is 107 cm³/mol. The summed E-state index contributed by atoms with van der Waals surface area (Å²) < 4.78 is 24.4. The number of methoxy groups -OCH3 is 1. The van der Waals surface area contributed by atoms with Gasteiger partial charge in [0.2, 0.25) is 0 Å². The van der Waals surface area contributed by atoms with Gasteiger partial charge in [-0.3, -0.25) is 4.99 Å². The number of nitrogens with zero attached hydrogens (tertiary/aromatic N) is 3. The van der Waals surface area contributed by atoms with Crippen LogP contribution in [0.3, 0.4) is 0 Å². The summed E-state index contributed by atoms with van der Waals surface area (Å²) in [5.74, 6) is 0.673. The molecule has 0 radical (unpaired) electrons. The van der Waals surface area contributed by atoms with E-state index in [1.807, 2.05) is 0 Å². The van der Waals surface area contributed by atoms with Crippen molar-refractivity contribution in [2.75, 3.05) is 60.0 Å². The Bertz CT molecular complexity index is 582. The maximum absolute atomic E-state index is 13.2. The van der Waals surface area contributed by atoms with Crippen molar-refractivity contribution >= 4 is 5.96 Å². The fraction of sp³-hybridized carbons (Fsp3) is 0.650. The van der Waals surface area contributed by atoms with Crippen molar-refractivity contribution < 1.29 is 13.9 Å². The number of aliphatic imine (C=N–C) groups is 1. The fourth-order valence-corrected chi connectivity index (χ4v) is 3.10. The molecule has 0 bridgehead atoms. The molecule has 1 aromatic rings. The van der Waals surface area contributed by atoms with Crippen LogP contribution >= 0.6 is 0 Å². The van der Waals surface area contributed by atoms with Crippen LogP contribution in [0.4, 0.5) is 4.39 Å². The number of benzene rings is 1. The van der Waals surface area contributed by atoms with Gasteiger partial charge in [-0.2, -0.15) is 0 Å². The van der Waals surface area contributed by atoms with Gasteiger partial charge in [0, 0.05) is 33.3 Å². The highest BCUT2D eigenvalue weighted by atomic mass is 19.1. The summed E-state index contributed by atoms with van der Waals surface area (Å²) in [4.78, 5) is 9.24. The highest BCUT2D eigenvalue weighted by molar-refractivity contribution is 5.80. The molecule has 2 rings (SSSR count). The molecule has 1 N–H and O–H groups in total. The molecule has 6 nitrogen and oxygen atoms in total. The summed E-state index contributed by atoms with van der Waals surface area (Å²) in [5, 5.41) is 3.39. The lowest BCUT2D eigenvalue weighted by Crippen LogP contribution is -2.51. The molecule has 0 amide bonds. The molecule has 7 heteroatoms. The fourth-order valence-electron chi connectivity index (χ4n) is 3.10. The summed E-state index contributed by atoms with van der Waals surface area (Å²) in [6, 6.07) is 6.56. The number of ether oxygens (including phenoxy) is 2. The Labute approximate surface area is 162 Å². The Hall–Kier alpha value is -1.70. The minimum atomic E-state index is -0.230. The molecule has 1 saturated heterocycles. The van der Waals surface area contributed by atoms with E-state index in [0.717, 1.165) is 50.9 Å². The Morgan fingerprint density at radius 3 is 2.74 bits per heavy atom. The van der Waals surface area contributed by atoms with E-state index in [4.69, 9.17) is 14.5 Å². The molecule has 2 atom stereocenters. The van der Waals surface area contributed by atoms with E-state index in [0.29, 0.717) is 6.54 Å². The van der Waals surface area contributed by atoms with Crippen LogP contribution in [0.2, 0.25) is 0 Å². The first-order valence-corrected chi connectivity index (χ1v) is 9.65. The third-order valence-electron chi connectivity index (χ3n) is 4.56. The van der Waals surface area contributed by atoms with Gasteiger partial charge >= 0.3 is 0 Å². The molecule has 1 aromatic carbocycles. The van der Waals surface area contributed by atoms with Gasteiger partial charge in [0.15, 0.2) is 5.96 Å². The highest BCUT2D eigenvalue weighted by Crippen LogP contribution is 2.25. The second-order valence-electron chi connectivity index (χ2n) is 6.92. The van der Waals surface area contributed by atoms with Crippen LogP contribution in [-0.4, -0.2) is 81.9 Å². The van der Waals surface area contributed by atoms with E-state index < -0.39 is 0 Å². The van der Waals surface area contributed by atoms with E-state index >= 15 is 0 Å². The highest BCUT2D eigenvalue weighted by Gasteiger charge is 2.28. The quantitative estimate of drug-likeness (QED) is 0.553. The van der Waals surface area contributed by atoms with Gasteiger partial charge < -0.3 is 24.6 Å². The first-order valence-electron chi connectivity index (χ1n) is 9.65. The lowest BCUT2D eigenvalue weighted by molar-refractivity contribution is -0.0605. The third kappa shape index (κ3) is 7.08. The van der Waals surface area contributed by atoms with E-state index in [-0.39, 0.29) is 18.0 Å². The maximum atomic E-state index is 13.2. The SMILES string of the molecule is CCNC(=NCCN(C)CCOC)N1CC(C)OC(c2ccc(F)cc2)C1. The molecule has 1 heterocycles. The lowest BCUT2D eigenvalue weighted by Gasteiger charge is -2.38. The summed E-state index contributed by atoms with van der Waals surface area (Å²) in [7, 11) is 3.79. The number of hydrogen-bond donors (Lipinski definition) is 1. The van der Waals surface area contributed by atoms with Crippen LogP contribution in [-0.2, 0) is 9.47 Å². The second kappa shape index (κ2) is 11.2. The van der Waals surface area contributed by atoms with Gasteiger partial charge in [0.05, 0.1) is 25.8 Å². The van der Waals surface area contributed by atoms with E-state index in [9.17, 15) is 4.39 Å². The number of guanidine groups is 1. The minimum Gasteiger partial charge on any atom is -0.383 e. The van der Waals surface area contributed by atoms with Crippen molar-refractivity contribution in [3.8, 4) is 0 Å². The largest absolute Gasteiger partial charge is 0.383 e. The number of likely N-dealkylation sites (N-methyl/N-ethyl adjacent to an activating group) is 1. The van der Waals surface area contributed by atoms with Gasteiger partial charge in [0.25, 0.3) is 0 Å². The van der Waals surface area contributed by atoms with Gasteiger partial charge in [-0.1, -0.05) is 12.1 Å². The van der Waals surface area contributed by atoms with Crippen molar-refractivity contribution in [2.24, 2.45) is 4.99 Å². The van der Waals surface area contributed by atoms with Crippen LogP contribution in [0, 0.1) is 5.82 Å². The molecule has 0 aliphatic carbocycles. The van der Waals surface area contributed by atoms with Crippen molar-refractivity contribution in [3.63, 3.8) is 0 Å². The summed E-state index contributed by atoms with van der Waals surface area (Å²) in [5.41, 5.74) is 0.989. The molecule has 27 heavy (non-hydrogen) atoms. The van der Waals surface area contributed by atoms with Crippen molar-refractivity contribution in [2.45, 2.75) is 26.1 Å². The molecule has 0 spiro atoms. The van der Waals surface area contributed by atoms with Crippen molar-refractivity contribution in [1.82, 2.24) is 15.1 Å². The molecule has 2 unspecified atom stereocenters. The van der Waals surface area contributed by atoms with Gasteiger partial charge in [-0.05, 0) is 38.6 Å². The van der Waals surface area contributed by atoms with Gasteiger partial charge in [-0.25, -0.2) is 4.39 Å². The van der Waals surface area contributed by atoms with Gasteiger partial charge in [0.1, 0.15) is 11.9 Å². The van der Waals surface area contributed by atoms with Crippen LogP contribution in [0.1, 0.15) is 25.5 Å². The molecule has 1 aliphatic heterocycles. The first-order chi connectivity index (χ1) is 13.0. The summed E-state index contributed by atoms with van der Waals surface area (Å²) in [6.07, 6.45) is -0.0235. The number of nitrogens with one attached hydrogen (secondary N) is 1. The number of hydrogen-bond acceptors (Lipinski definition) is 4. The maximum Gasteiger partial charge on any atom is 0.194 e. The molecule has 1 fully saturated rings. The molecule has 0 saturated carbocycles. The third-order valence-corrected chi connectivity index (χ3v) is 4.56. The van der Waals surface area contributed by atoms with E-state index in [2.05, 4.69) is 36.0 Å². The Morgan fingerprint density at radius 2 is 2.07 bits per heavy atom. The molecular weight excluding hydrogens is 347 g/mol. The Balaban J connectivity index is 2.01. The smallest absolute Gasteiger partial charge is 0.194 e. The van der Waals surface area contributed by atoms with Crippen LogP contribution in [0.15, 0.2) is 29.3 Å². The molecular formula is C20H33FN4O2. The second-order valence-corrected chi connectivity index (χ2v) is 6.92. The van der Waals surface area contributed by atoms with E-state index in [1.54, 1.807) is 19.2 Å². The molecule has 1 aliphatic rings. The standard InChI is InChI=1S/C20H33FN4O2/c1-5-22-20(23-10-11-24(3)12-13-26-4)25-14-16(2)27-19(15-25)17-6-8-18(21)9-7-17/h6-9,16,19H,5,10-15H2,1-4H3,(H,22,23). The zero-order chi connectivity index (χ0) is 19.6. The van der Waals surface area contributed by atoms with Crippen LogP contribution < -0.4 is 5.32 Å². The Kier molecular flexibility index (Phi) is 8.97. The normalized spacial score (nSPS) is 21.0. The number of rotatable bonds is 8. The molecule has 0 aromatic heterocycles. The number of morpholine rings is 1. The topological polar surface area (TPSA) is 49.3 Å². The Morgan fingerprint density at radius 1 is 1.33 bits per heavy atom. The van der Waals surface area contributed by atoms with E-state index in [1.165, 1.54) is 12.1 Å². The van der Waals surface area contributed by atoms with Crippen molar-refractivity contribution in [3.05, 3.63) is 35.6 Å². The lowest BCUT2D eigenvalue weighted by atomic mass is 10.1. The van der Waals surface area contributed by atoms with Gasteiger partial charge in [-0.15, -0.1) is 0 Å². The first kappa shape index (κ1) is 21.6. The summed E-state index contributed by atoms with van der Waals surface area (Å²) >= 11 is 0. The van der Waals surface area contributed by atoms with Crippen LogP contribution in [0.5, 0.6) is 0 Å². The number of halogens is 1. The minimum absolute atomic E-state index is 0.0713. The zero-order valence-corrected chi connectivity index (χ0v) is 16.9.